The van der Waals surface area contributed by atoms with Gasteiger partial charge in [-0.15, -0.1) is 22.7 Å². The van der Waals surface area contributed by atoms with Crippen LogP contribution in [0.3, 0.4) is 0 Å². The van der Waals surface area contributed by atoms with Gasteiger partial charge >= 0.3 is 0 Å². The molecule has 0 unspecified atom stereocenters. The van der Waals surface area contributed by atoms with Crippen LogP contribution in [0.2, 0.25) is 0 Å². The van der Waals surface area contributed by atoms with Crippen molar-refractivity contribution in [1.82, 2.24) is 19.9 Å². The molecule has 4 heterocycles. The summed E-state index contributed by atoms with van der Waals surface area (Å²) in [4.78, 5) is 20.4. The molecule has 7 heteroatoms. The third-order valence-corrected chi connectivity index (χ3v) is 11.9. The van der Waals surface area contributed by atoms with Gasteiger partial charge in [0, 0.05) is 68.0 Å². The number of thiophene rings is 2. The molecule has 11 aromatic rings. The largest absolute Gasteiger partial charge is 0.435 e. The zero-order valence-corrected chi connectivity index (χ0v) is 28.5. The summed E-state index contributed by atoms with van der Waals surface area (Å²) in [5, 5.41) is 6.89. The smallest absolute Gasteiger partial charge is 0.227 e. The molecule has 0 saturated heterocycles. The molecule has 0 fully saturated rings. The van der Waals surface area contributed by atoms with Gasteiger partial charge in [-0.2, -0.15) is 0 Å². The number of rotatable bonds is 4. The van der Waals surface area contributed by atoms with Crippen molar-refractivity contribution >= 4 is 84.9 Å². The maximum absolute atomic E-state index is 6.60. The van der Waals surface area contributed by atoms with E-state index in [-0.39, 0.29) is 0 Å². The van der Waals surface area contributed by atoms with Crippen LogP contribution in [-0.4, -0.2) is 19.9 Å². The Morgan fingerprint density at radius 2 is 1.08 bits per heavy atom. The number of hydrogen-bond acceptors (Lipinski definition) is 7. The first-order chi connectivity index (χ1) is 25.2. The van der Waals surface area contributed by atoms with E-state index in [1.165, 1.54) is 30.3 Å². The lowest BCUT2D eigenvalue weighted by atomic mass is 9.99. The molecule has 11 rings (SSSR count). The van der Waals surface area contributed by atoms with Crippen molar-refractivity contribution in [3.63, 3.8) is 0 Å². The van der Waals surface area contributed by atoms with Crippen molar-refractivity contribution < 1.29 is 4.42 Å². The molecule has 238 valence electrons. The first-order valence-electron chi connectivity index (χ1n) is 16.7. The Bertz CT molecular complexity index is 3150. The molecule has 0 aliphatic carbocycles. The van der Waals surface area contributed by atoms with Gasteiger partial charge < -0.3 is 4.42 Å². The second kappa shape index (κ2) is 11.1. The SMILES string of the molecule is c1ccc(-c2nc(-c3ccc4c(c3)sc3ccccc34)nc(-c3cc4ccc5nc(-c6ccccc6)oc5c4c4c3sc3ccccc34)n2)cc1. The molecule has 0 N–H and O–H groups in total. The van der Waals surface area contributed by atoms with Crippen LogP contribution in [0.1, 0.15) is 0 Å². The van der Waals surface area contributed by atoms with Gasteiger partial charge in [-0.25, -0.2) is 19.9 Å². The summed E-state index contributed by atoms with van der Waals surface area (Å²) < 4.78 is 11.4. The fourth-order valence-electron chi connectivity index (χ4n) is 7.17. The molecule has 0 atom stereocenters. The van der Waals surface area contributed by atoms with E-state index in [9.17, 15) is 0 Å². The zero-order valence-electron chi connectivity index (χ0n) is 26.9. The van der Waals surface area contributed by atoms with Crippen LogP contribution in [-0.2, 0) is 0 Å². The maximum atomic E-state index is 6.60. The fourth-order valence-corrected chi connectivity index (χ4v) is 9.53. The van der Waals surface area contributed by atoms with Gasteiger partial charge in [0.25, 0.3) is 0 Å². The summed E-state index contributed by atoms with van der Waals surface area (Å²) in [6.07, 6.45) is 0. The van der Waals surface area contributed by atoms with Gasteiger partial charge in [0.15, 0.2) is 23.1 Å². The Morgan fingerprint density at radius 1 is 0.431 bits per heavy atom. The van der Waals surface area contributed by atoms with Gasteiger partial charge in [0.1, 0.15) is 5.52 Å². The average Bonchev–Trinajstić information content (AvgIpc) is 3.91. The predicted molar refractivity (Wildman–Crippen MR) is 212 cm³/mol. The van der Waals surface area contributed by atoms with Gasteiger partial charge in [-0.1, -0.05) is 103 Å². The molecular formula is C44H24N4OS2. The first kappa shape index (κ1) is 28.5. The molecule has 0 radical (unpaired) electrons. The molecule has 4 aromatic heterocycles. The predicted octanol–water partition coefficient (Wildman–Crippen LogP) is 12.6. The van der Waals surface area contributed by atoms with E-state index in [1.54, 1.807) is 22.7 Å². The zero-order chi connectivity index (χ0) is 33.5. The number of oxazole rings is 1. The molecule has 0 bridgehead atoms. The van der Waals surface area contributed by atoms with Crippen molar-refractivity contribution in [2.45, 2.75) is 0 Å². The molecular weight excluding hydrogens is 665 g/mol. The summed E-state index contributed by atoms with van der Waals surface area (Å²) in [6.45, 7) is 0. The number of fused-ring (bicyclic) bond motifs is 10. The van der Waals surface area contributed by atoms with Gasteiger partial charge in [0.2, 0.25) is 5.89 Å². The van der Waals surface area contributed by atoms with Crippen LogP contribution < -0.4 is 0 Å². The standard InChI is InChI=1S/C44H24N4OS2/c1-3-11-25(12-4-1)41-46-42(28-19-21-30-29-15-7-9-17-34(29)50-36(30)24-28)48-43(47-41)32-23-27-20-22-33-39(49-44(45-33)26-13-5-2-6-14-26)37(27)38-31-16-8-10-18-35(31)51-40(32)38/h1-24H. The Morgan fingerprint density at radius 3 is 1.88 bits per heavy atom. The highest BCUT2D eigenvalue weighted by Gasteiger charge is 2.22. The third kappa shape index (κ3) is 4.52. The van der Waals surface area contributed by atoms with E-state index in [2.05, 4.69) is 91.0 Å². The Balaban J connectivity index is 1.19. The lowest BCUT2D eigenvalue weighted by molar-refractivity contribution is 0.623. The first-order valence-corrected chi connectivity index (χ1v) is 18.3. The van der Waals surface area contributed by atoms with Gasteiger partial charge in [-0.05, 0) is 47.9 Å². The number of nitrogens with zero attached hydrogens (tertiary/aromatic N) is 4. The minimum atomic E-state index is 0.611. The minimum Gasteiger partial charge on any atom is -0.435 e. The van der Waals surface area contributed by atoms with Crippen molar-refractivity contribution in [1.29, 1.82) is 0 Å². The third-order valence-electron chi connectivity index (χ3n) is 9.55. The number of hydrogen-bond donors (Lipinski definition) is 0. The average molecular weight is 689 g/mol. The lowest BCUT2D eigenvalue weighted by Gasteiger charge is -2.11. The van der Waals surface area contributed by atoms with Crippen LogP contribution in [0.25, 0.3) is 108 Å². The Labute approximate surface area is 299 Å². The monoisotopic (exact) mass is 688 g/mol. The van der Waals surface area contributed by atoms with Crippen molar-refractivity contribution in [2.24, 2.45) is 0 Å². The second-order valence-electron chi connectivity index (χ2n) is 12.6. The Kier molecular flexibility index (Phi) is 6.22. The summed E-state index contributed by atoms with van der Waals surface area (Å²) in [6, 6.07) is 50.3. The number of aromatic nitrogens is 4. The molecule has 0 spiro atoms. The van der Waals surface area contributed by atoms with Crippen molar-refractivity contribution in [3.8, 4) is 45.6 Å². The molecule has 0 aliphatic rings. The quantitative estimate of drug-likeness (QED) is 0.184. The van der Waals surface area contributed by atoms with E-state index >= 15 is 0 Å². The van der Waals surface area contributed by atoms with Gasteiger partial charge in [0.05, 0.1) is 0 Å². The van der Waals surface area contributed by atoms with E-state index in [0.29, 0.717) is 23.4 Å². The van der Waals surface area contributed by atoms with Crippen LogP contribution in [0.15, 0.2) is 150 Å². The van der Waals surface area contributed by atoms with Crippen LogP contribution in [0, 0.1) is 0 Å². The van der Waals surface area contributed by atoms with Crippen LogP contribution in [0.4, 0.5) is 0 Å². The van der Waals surface area contributed by atoms with E-state index in [0.717, 1.165) is 54.2 Å². The summed E-state index contributed by atoms with van der Waals surface area (Å²) in [5.74, 6) is 2.53. The highest BCUT2D eigenvalue weighted by atomic mass is 32.1. The molecule has 51 heavy (non-hydrogen) atoms. The molecule has 0 aliphatic heterocycles. The number of benzene rings is 7. The highest BCUT2D eigenvalue weighted by Crippen LogP contribution is 2.46. The van der Waals surface area contributed by atoms with Gasteiger partial charge in [-0.3, -0.25) is 0 Å². The molecule has 7 aromatic carbocycles. The summed E-state index contributed by atoms with van der Waals surface area (Å²) in [5.41, 5.74) is 5.42. The topological polar surface area (TPSA) is 64.7 Å². The molecule has 0 saturated carbocycles. The normalized spacial score (nSPS) is 11.9. The van der Waals surface area contributed by atoms with Crippen molar-refractivity contribution in [3.05, 3.63) is 146 Å². The highest BCUT2D eigenvalue weighted by molar-refractivity contribution is 7.26. The summed E-state index contributed by atoms with van der Waals surface area (Å²) >= 11 is 3.55. The molecule has 5 nitrogen and oxygen atoms in total. The van der Waals surface area contributed by atoms with Crippen LogP contribution in [0.5, 0.6) is 0 Å². The minimum absolute atomic E-state index is 0.611. The second-order valence-corrected chi connectivity index (χ2v) is 14.7. The maximum Gasteiger partial charge on any atom is 0.227 e. The molecule has 0 amide bonds. The van der Waals surface area contributed by atoms with E-state index in [1.807, 2.05) is 54.6 Å². The van der Waals surface area contributed by atoms with E-state index in [4.69, 9.17) is 24.4 Å². The lowest BCUT2D eigenvalue weighted by Crippen LogP contribution is -2.00. The van der Waals surface area contributed by atoms with Crippen molar-refractivity contribution in [2.75, 3.05) is 0 Å². The Hall–Kier alpha value is -6.28. The fraction of sp³-hybridized carbons (Fsp3) is 0. The van der Waals surface area contributed by atoms with Crippen LogP contribution >= 0.6 is 22.7 Å². The summed E-state index contributed by atoms with van der Waals surface area (Å²) in [7, 11) is 0. The van der Waals surface area contributed by atoms with E-state index < -0.39 is 0 Å².